The SMILES string of the molecule is C=Cn1nc(Nc2ccc(C(=O)N3CCC4(CNC4)C3)cc2)nc1C(=CC)N1CCC(O)(c2ccc(Cl)cc2)CC1. The molecule has 2 aromatic carbocycles. The van der Waals surface area contributed by atoms with Crippen molar-refractivity contribution in [2.45, 2.75) is 31.8 Å². The summed E-state index contributed by atoms with van der Waals surface area (Å²) in [6.45, 7) is 10.9. The standard InChI is InChI=1S/C31H36ClN7O2/c1-3-26(37-17-14-31(41,15-18-37)23-7-9-24(32)10-8-23)27-35-29(36-39(27)4-2)34-25-11-5-22(6-12-25)28(40)38-16-13-30(21-38)19-33-20-30/h3-12,33,41H,2,13-21H2,1H3,(H,34,36). The Kier molecular flexibility index (Phi) is 7.36. The van der Waals surface area contributed by atoms with Gasteiger partial charge in [-0.3, -0.25) is 4.79 Å². The van der Waals surface area contributed by atoms with Crippen molar-refractivity contribution >= 4 is 41.0 Å². The highest BCUT2D eigenvalue weighted by Crippen LogP contribution is 2.37. The summed E-state index contributed by atoms with van der Waals surface area (Å²) in [7, 11) is 0. The number of allylic oxidation sites excluding steroid dienone is 1. The lowest BCUT2D eigenvalue weighted by Gasteiger charge is -2.40. The molecule has 3 aliphatic heterocycles. The van der Waals surface area contributed by atoms with Gasteiger partial charge in [-0.05, 0) is 68.1 Å². The van der Waals surface area contributed by atoms with Gasteiger partial charge in [0, 0.05) is 67.2 Å². The van der Waals surface area contributed by atoms with Crippen LogP contribution in [0.5, 0.6) is 0 Å². The highest BCUT2D eigenvalue weighted by molar-refractivity contribution is 6.30. The number of nitrogens with zero attached hydrogens (tertiary/aromatic N) is 5. The van der Waals surface area contributed by atoms with E-state index < -0.39 is 5.60 Å². The van der Waals surface area contributed by atoms with Gasteiger partial charge < -0.3 is 25.5 Å². The second kappa shape index (κ2) is 11.0. The Morgan fingerprint density at radius 2 is 1.73 bits per heavy atom. The Labute approximate surface area is 245 Å². The van der Waals surface area contributed by atoms with E-state index in [1.165, 1.54) is 0 Å². The summed E-state index contributed by atoms with van der Waals surface area (Å²) in [6, 6.07) is 14.9. The molecule has 0 atom stereocenters. The number of hydrogen-bond donors (Lipinski definition) is 3. The van der Waals surface area contributed by atoms with Crippen molar-refractivity contribution in [2.24, 2.45) is 5.41 Å². The van der Waals surface area contributed by atoms with E-state index in [0.717, 1.165) is 49.5 Å². The molecular weight excluding hydrogens is 538 g/mol. The Morgan fingerprint density at radius 1 is 1.05 bits per heavy atom. The average molecular weight is 574 g/mol. The third kappa shape index (κ3) is 5.37. The van der Waals surface area contributed by atoms with Crippen LogP contribution in [0.1, 0.15) is 47.9 Å². The number of carbonyl (C=O) groups is 1. The lowest BCUT2D eigenvalue weighted by molar-refractivity contribution is -0.0141. The molecule has 10 heteroatoms. The first-order valence-electron chi connectivity index (χ1n) is 14.2. The second-order valence-electron chi connectivity index (χ2n) is 11.4. The van der Waals surface area contributed by atoms with Gasteiger partial charge in [0.25, 0.3) is 5.91 Å². The number of nitrogens with one attached hydrogen (secondary N) is 2. The maximum atomic E-state index is 13.0. The van der Waals surface area contributed by atoms with Gasteiger partial charge in [0.05, 0.1) is 11.3 Å². The zero-order chi connectivity index (χ0) is 28.6. The van der Waals surface area contributed by atoms with E-state index in [0.29, 0.717) is 48.3 Å². The van der Waals surface area contributed by atoms with Crippen LogP contribution in [0.15, 0.2) is 61.2 Å². The number of carbonyl (C=O) groups excluding carboxylic acids is 1. The van der Waals surface area contributed by atoms with Gasteiger partial charge in [0.1, 0.15) is 0 Å². The van der Waals surface area contributed by atoms with Crippen LogP contribution in [0.3, 0.4) is 0 Å². The molecule has 214 valence electrons. The monoisotopic (exact) mass is 573 g/mol. The minimum absolute atomic E-state index is 0.0823. The summed E-state index contributed by atoms with van der Waals surface area (Å²) >= 11 is 6.04. The lowest BCUT2D eigenvalue weighted by atomic mass is 9.81. The molecule has 3 aromatic rings. The van der Waals surface area contributed by atoms with Gasteiger partial charge in [0.15, 0.2) is 5.82 Å². The number of likely N-dealkylation sites (tertiary alicyclic amines) is 2. The molecule has 4 heterocycles. The van der Waals surface area contributed by atoms with Crippen LogP contribution in [0, 0.1) is 5.41 Å². The fraction of sp³-hybridized carbons (Fsp3) is 0.387. The van der Waals surface area contributed by atoms with E-state index in [4.69, 9.17) is 16.6 Å². The van der Waals surface area contributed by atoms with Crippen LogP contribution < -0.4 is 10.6 Å². The van der Waals surface area contributed by atoms with E-state index in [1.807, 2.05) is 66.4 Å². The number of rotatable bonds is 7. The largest absolute Gasteiger partial charge is 0.385 e. The first-order valence-corrected chi connectivity index (χ1v) is 14.6. The van der Waals surface area contributed by atoms with Crippen molar-refractivity contribution in [1.29, 1.82) is 0 Å². The molecule has 41 heavy (non-hydrogen) atoms. The summed E-state index contributed by atoms with van der Waals surface area (Å²) in [5, 5.41) is 23.2. The van der Waals surface area contributed by atoms with Crippen LogP contribution in [0.2, 0.25) is 5.02 Å². The molecule has 6 rings (SSSR count). The zero-order valence-corrected chi connectivity index (χ0v) is 24.1. The first kappa shape index (κ1) is 27.5. The highest BCUT2D eigenvalue weighted by Gasteiger charge is 2.44. The number of hydrogen-bond acceptors (Lipinski definition) is 7. The zero-order valence-electron chi connectivity index (χ0n) is 23.3. The molecule has 1 amide bonds. The van der Waals surface area contributed by atoms with Gasteiger partial charge >= 0.3 is 0 Å². The summed E-state index contributed by atoms with van der Waals surface area (Å²) in [5.41, 5.74) is 2.68. The van der Waals surface area contributed by atoms with Crippen LogP contribution >= 0.6 is 11.6 Å². The molecule has 3 aliphatic rings. The number of aromatic nitrogens is 3. The van der Waals surface area contributed by atoms with Gasteiger partial charge in [-0.15, -0.1) is 5.10 Å². The Morgan fingerprint density at radius 3 is 2.32 bits per heavy atom. The normalized spacial score (nSPS) is 19.7. The van der Waals surface area contributed by atoms with Crippen LogP contribution in [-0.4, -0.2) is 74.8 Å². The fourth-order valence-electron chi connectivity index (χ4n) is 6.18. The minimum atomic E-state index is -0.892. The molecule has 1 aromatic heterocycles. The number of halogens is 1. The predicted octanol–water partition coefficient (Wildman–Crippen LogP) is 4.56. The number of anilines is 2. The van der Waals surface area contributed by atoms with Crippen molar-refractivity contribution < 1.29 is 9.90 Å². The van der Waals surface area contributed by atoms with Crippen molar-refractivity contribution in [3.05, 3.63) is 83.2 Å². The van der Waals surface area contributed by atoms with E-state index in [9.17, 15) is 9.90 Å². The molecule has 3 saturated heterocycles. The van der Waals surface area contributed by atoms with Crippen molar-refractivity contribution in [3.63, 3.8) is 0 Å². The maximum absolute atomic E-state index is 13.0. The smallest absolute Gasteiger partial charge is 0.253 e. The number of amides is 1. The predicted molar refractivity (Wildman–Crippen MR) is 162 cm³/mol. The van der Waals surface area contributed by atoms with Gasteiger partial charge in [-0.25, -0.2) is 4.68 Å². The van der Waals surface area contributed by atoms with Crippen molar-refractivity contribution in [1.82, 2.24) is 29.9 Å². The Hall–Kier alpha value is -3.66. The van der Waals surface area contributed by atoms with Crippen molar-refractivity contribution in [3.8, 4) is 0 Å². The molecule has 0 saturated carbocycles. The van der Waals surface area contributed by atoms with Crippen LogP contribution in [-0.2, 0) is 5.60 Å². The molecule has 0 unspecified atom stereocenters. The number of piperidine rings is 1. The Balaban J connectivity index is 1.12. The molecular formula is C31H36ClN7O2. The summed E-state index contributed by atoms with van der Waals surface area (Å²) < 4.78 is 1.66. The molecule has 0 aliphatic carbocycles. The third-order valence-electron chi connectivity index (χ3n) is 8.73. The number of benzene rings is 2. The fourth-order valence-corrected chi connectivity index (χ4v) is 6.31. The molecule has 9 nitrogen and oxygen atoms in total. The molecule has 3 N–H and O–H groups in total. The van der Waals surface area contributed by atoms with Crippen molar-refractivity contribution in [2.75, 3.05) is 44.6 Å². The van der Waals surface area contributed by atoms with E-state index >= 15 is 0 Å². The van der Waals surface area contributed by atoms with E-state index in [2.05, 4.69) is 27.2 Å². The van der Waals surface area contributed by atoms with E-state index in [1.54, 1.807) is 10.9 Å². The lowest BCUT2D eigenvalue weighted by Crippen LogP contribution is -2.55. The van der Waals surface area contributed by atoms with Gasteiger partial charge in [0.2, 0.25) is 5.95 Å². The molecule has 0 bridgehead atoms. The highest BCUT2D eigenvalue weighted by atomic mass is 35.5. The second-order valence-corrected chi connectivity index (χ2v) is 11.8. The average Bonchev–Trinajstić information content (AvgIpc) is 3.60. The number of aliphatic hydroxyl groups is 1. The molecule has 3 fully saturated rings. The Bertz CT molecular complexity index is 1450. The first-order chi connectivity index (χ1) is 19.8. The summed E-state index contributed by atoms with van der Waals surface area (Å²) in [4.78, 5) is 22.0. The van der Waals surface area contributed by atoms with Crippen LogP contribution in [0.25, 0.3) is 11.9 Å². The molecule has 1 spiro atoms. The topological polar surface area (TPSA) is 98.6 Å². The van der Waals surface area contributed by atoms with Crippen LogP contribution in [0.4, 0.5) is 11.6 Å². The quantitative estimate of drug-likeness (QED) is 0.381. The maximum Gasteiger partial charge on any atom is 0.253 e. The van der Waals surface area contributed by atoms with Gasteiger partial charge in [-0.1, -0.05) is 36.4 Å². The molecule has 0 radical (unpaired) electrons. The van der Waals surface area contributed by atoms with E-state index in [-0.39, 0.29) is 11.3 Å². The summed E-state index contributed by atoms with van der Waals surface area (Å²) in [5.74, 6) is 1.19. The third-order valence-corrected chi connectivity index (χ3v) is 8.99. The summed E-state index contributed by atoms with van der Waals surface area (Å²) in [6.07, 6.45) is 5.88. The minimum Gasteiger partial charge on any atom is -0.385 e. The van der Waals surface area contributed by atoms with Gasteiger partial charge in [-0.2, -0.15) is 4.98 Å².